The van der Waals surface area contributed by atoms with Crippen LogP contribution < -0.4 is 5.32 Å². The van der Waals surface area contributed by atoms with Gasteiger partial charge in [0.15, 0.2) is 0 Å². The van der Waals surface area contributed by atoms with Crippen molar-refractivity contribution >= 4 is 11.4 Å². The summed E-state index contributed by atoms with van der Waals surface area (Å²) in [5, 5.41) is 10.9. The van der Waals surface area contributed by atoms with Gasteiger partial charge in [-0.15, -0.1) is 0 Å². The third-order valence-corrected chi connectivity index (χ3v) is 3.23. The largest absolute Gasteiger partial charge is 0.383 e. The van der Waals surface area contributed by atoms with Crippen molar-refractivity contribution in [2.45, 2.75) is 6.92 Å². The molecule has 104 valence electrons. The average Bonchev–Trinajstić information content (AvgIpc) is 2.41. The molecule has 0 unspecified atom stereocenters. The number of rotatable bonds is 5. The Bertz CT molecular complexity index is 444. The van der Waals surface area contributed by atoms with E-state index in [1.54, 1.807) is 13.0 Å². The summed E-state index contributed by atoms with van der Waals surface area (Å²) in [7, 11) is 0. The van der Waals surface area contributed by atoms with Crippen molar-refractivity contribution in [2.75, 3.05) is 44.7 Å². The normalized spacial score (nSPS) is 16.3. The lowest BCUT2D eigenvalue weighted by Gasteiger charge is -2.26. The van der Waals surface area contributed by atoms with E-state index < -0.39 is 0 Å². The topological polar surface area (TPSA) is 48.4 Å². The highest BCUT2D eigenvalue weighted by atomic mass is 19.1. The fourth-order valence-corrected chi connectivity index (χ4v) is 2.15. The molecule has 0 aromatic heterocycles. The van der Waals surface area contributed by atoms with Crippen LogP contribution in [0.4, 0.5) is 10.1 Å². The quantitative estimate of drug-likeness (QED) is 0.800. The van der Waals surface area contributed by atoms with Gasteiger partial charge in [-0.2, -0.15) is 0 Å². The van der Waals surface area contributed by atoms with Crippen molar-refractivity contribution < 1.29 is 9.13 Å². The predicted octanol–water partition coefficient (Wildman–Crippen LogP) is 1.96. The first-order valence-electron chi connectivity index (χ1n) is 6.56. The van der Waals surface area contributed by atoms with Crippen LogP contribution in [-0.4, -0.2) is 50.0 Å². The van der Waals surface area contributed by atoms with Gasteiger partial charge in [0.25, 0.3) is 0 Å². The van der Waals surface area contributed by atoms with Crippen molar-refractivity contribution in [3.05, 3.63) is 29.6 Å². The fraction of sp³-hybridized carbons (Fsp3) is 0.500. The van der Waals surface area contributed by atoms with E-state index in [0.29, 0.717) is 11.3 Å². The molecule has 0 atom stereocenters. The number of ether oxygens (including phenoxy) is 1. The molecule has 2 rings (SSSR count). The van der Waals surface area contributed by atoms with Crippen LogP contribution in [0.3, 0.4) is 0 Å². The van der Waals surface area contributed by atoms with Crippen LogP contribution >= 0.6 is 0 Å². The third-order valence-electron chi connectivity index (χ3n) is 3.23. The van der Waals surface area contributed by atoms with Crippen LogP contribution in [0.15, 0.2) is 18.2 Å². The molecule has 1 saturated heterocycles. The molecule has 0 saturated carbocycles. The lowest BCUT2D eigenvalue weighted by Crippen LogP contribution is -2.39. The van der Waals surface area contributed by atoms with Crippen molar-refractivity contribution in [2.24, 2.45) is 0 Å². The molecule has 1 aliphatic rings. The first-order chi connectivity index (χ1) is 9.16. The van der Waals surface area contributed by atoms with E-state index >= 15 is 0 Å². The van der Waals surface area contributed by atoms with E-state index in [0.717, 1.165) is 45.1 Å². The van der Waals surface area contributed by atoms with E-state index in [2.05, 4.69) is 10.2 Å². The summed E-state index contributed by atoms with van der Waals surface area (Å²) in [6.45, 7) is 6.89. The molecule has 0 radical (unpaired) electrons. The number of halogens is 1. The molecule has 1 fully saturated rings. The van der Waals surface area contributed by atoms with E-state index in [1.807, 2.05) is 0 Å². The van der Waals surface area contributed by atoms with Gasteiger partial charge in [0, 0.05) is 43.1 Å². The minimum Gasteiger partial charge on any atom is -0.383 e. The zero-order chi connectivity index (χ0) is 13.7. The molecule has 1 aromatic carbocycles. The molecule has 19 heavy (non-hydrogen) atoms. The Balaban J connectivity index is 1.89. The number of hydrogen-bond acceptors (Lipinski definition) is 4. The molecule has 1 heterocycles. The number of benzene rings is 1. The predicted molar refractivity (Wildman–Crippen MR) is 74.7 cm³/mol. The number of morpholine rings is 1. The highest BCUT2D eigenvalue weighted by molar-refractivity contribution is 6.01. The summed E-state index contributed by atoms with van der Waals surface area (Å²) in [6, 6.07) is 4.52. The number of anilines is 1. The average molecular weight is 265 g/mol. The number of hydrogen-bond donors (Lipinski definition) is 2. The van der Waals surface area contributed by atoms with Crippen LogP contribution in [0, 0.1) is 11.2 Å². The molecule has 0 aliphatic carbocycles. The summed E-state index contributed by atoms with van der Waals surface area (Å²) in [4.78, 5) is 2.33. The third kappa shape index (κ3) is 4.01. The monoisotopic (exact) mass is 265 g/mol. The molecule has 0 bridgehead atoms. The summed E-state index contributed by atoms with van der Waals surface area (Å²) >= 11 is 0. The Morgan fingerprint density at radius 2 is 2.16 bits per heavy atom. The van der Waals surface area contributed by atoms with Crippen molar-refractivity contribution in [3.63, 3.8) is 0 Å². The van der Waals surface area contributed by atoms with Crippen molar-refractivity contribution in [1.82, 2.24) is 4.90 Å². The van der Waals surface area contributed by atoms with Gasteiger partial charge in [-0.05, 0) is 25.1 Å². The minimum atomic E-state index is -0.305. The van der Waals surface area contributed by atoms with Crippen molar-refractivity contribution in [3.8, 4) is 0 Å². The highest BCUT2D eigenvalue weighted by Crippen LogP contribution is 2.17. The lowest BCUT2D eigenvalue weighted by atomic mass is 10.1. The Hall–Kier alpha value is -1.46. The summed E-state index contributed by atoms with van der Waals surface area (Å²) in [6.07, 6.45) is 0. The summed E-state index contributed by atoms with van der Waals surface area (Å²) < 4.78 is 18.5. The maximum atomic E-state index is 13.2. The Morgan fingerprint density at radius 3 is 2.84 bits per heavy atom. The van der Waals surface area contributed by atoms with Crippen LogP contribution in [0.5, 0.6) is 0 Å². The summed E-state index contributed by atoms with van der Waals surface area (Å²) in [5.74, 6) is -0.305. The van der Waals surface area contributed by atoms with E-state index in [1.165, 1.54) is 12.1 Å². The maximum Gasteiger partial charge on any atom is 0.124 e. The second-order valence-corrected chi connectivity index (χ2v) is 4.70. The molecular weight excluding hydrogens is 245 g/mol. The standard InChI is InChI=1S/C14H20FN3O/c1-11(16)13-10-12(15)2-3-14(13)17-4-5-18-6-8-19-9-7-18/h2-3,10,16-17H,4-9H2,1H3. The highest BCUT2D eigenvalue weighted by Gasteiger charge is 2.10. The lowest BCUT2D eigenvalue weighted by molar-refractivity contribution is 0.0398. The molecule has 2 N–H and O–H groups in total. The second kappa shape index (κ2) is 6.63. The van der Waals surface area contributed by atoms with Crippen molar-refractivity contribution in [1.29, 1.82) is 5.41 Å². The maximum absolute atomic E-state index is 13.2. The van der Waals surface area contributed by atoms with Gasteiger partial charge in [-0.1, -0.05) is 0 Å². The number of nitrogens with zero attached hydrogens (tertiary/aromatic N) is 1. The van der Waals surface area contributed by atoms with Gasteiger partial charge in [0.1, 0.15) is 5.82 Å². The SMILES string of the molecule is CC(=N)c1cc(F)ccc1NCCN1CCOCC1. The van der Waals surface area contributed by atoms with Crippen LogP contribution in [0.2, 0.25) is 0 Å². The molecule has 0 amide bonds. The van der Waals surface area contributed by atoms with Crippen LogP contribution in [0.1, 0.15) is 12.5 Å². The Kier molecular flexibility index (Phi) is 4.87. The smallest absolute Gasteiger partial charge is 0.124 e. The van der Waals surface area contributed by atoms with E-state index in [9.17, 15) is 4.39 Å². The van der Waals surface area contributed by atoms with Gasteiger partial charge in [0.2, 0.25) is 0 Å². The molecular formula is C14H20FN3O. The molecule has 5 heteroatoms. The van der Waals surface area contributed by atoms with E-state index in [4.69, 9.17) is 10.1 Å². The van der Waals surface area contributed by atoms with Crippen LogP contribution in [0.25, 0.3) is 0 Å². The minimum absolute atomic E-state index is 0.305. The molecule has 1 aliphatic heterocycles. The first kappa shape index (κ1) is 14.0. The van der Waals surface area contributed by atoms with Gasteiger partial charge < -0.3 is 15.5 Å². The Labute approximate surface area is 113 Å². The van der Waals surface area contributed by atoms with E-state index in [-0.39, 0.29) is 5.82 Å². The first-order valence-corrected chi connectivity index (χ1v) is 6.56. The fourth-order valence-electron chi connectivity index (χ4n) is 2.15. The molecule has 0 spiro atoms. The molecule has 1 aromatic rings. The molecule has 4 nitrogen and oxygen atoms in total. The summed E-state index contributed by atoms with van der Waals surface area (Å²) in [5.41, 5.74) is 1.82. The zero-order valence-corrected chi connectivity index (χ0v) is 11.2. The second-order valence-electron chi connectivity index (χ2n) is 4.70. The van der Waals surface area contributed by atoms with Gasteiger partial charge >= 0.3 is 0 Å². The van der Waals surface area contributed by atoms with Gasteiger partial charge in [-0.3, -0.25) is 4.90 Å². The Morgan fingerprint density at radius 1 is 1.42 bits per heavy atom. The van der Waals surface area contributed by atoms with Gasteiger partial charge in [0.05, 0.1) is 13.2 Å². The van der Waals surface area contributed by atoms with Gasteiger partial charge in [-0.25, -0.2) is 4.39 Å². The number of nitrogens with one attached hydrogen (secondary N) is 2. The van der Waals surface area contributed by atoms with Crippen LogP contribution in [-0.2, 0) is 4.74 Å². The zero-order valence-electron chi connectivity index (χ0n) is 11.2.